The van der Waals surface area contributed by atoms with E-state index in [4.69, 9.17) is 0 Å². The minimum absolute atomic E-state index is 0.0988. The van der Waals surface area contributed by atoms with E-state index in [0.717, 1.165) is 12.1 Å². The maximum absolute atomic E-state index is 13.7. The van der Waals surface area contributed by atoms with Crippen molar-refractivity contribution in [3.8, 4) is 0 Å². The van der Waals surface area contributed by atoms with Crippen LogP contribution >= 0.6 is 0 Å². The third-order valence-corrected chi connectivity index (χ3v) is 3.52. The van der Waals surface area contributed by atoms with E-state index in [1.807, 2.05) is 0 Å². The van der Waals surface area contributed by atoms with Gasteiger partial charge in [-0.3, -0.25) is 0 Å². The van der Waals surface area contributed by atoms with E-state index in [2.05, 4.69) is 0 Å². The molecule has 1 nitrogen and oxygen atoms in total. The number of halogens is 4. The van der Waals surface area contributed by atoms with Crippen molar-refractivity contribution in [3.63, 3.8) is 0 Å². The molecule has 1 N–H and O–H groups in total. The fourth-order valence-electron chi connectivity index (χ4n) is 2.29. The molecule has 0 aliphatic rings. The number of hydrogen-bond donors (Lipinski definition) is 1. The van der Waals surface area contributed by atoms with E-state index in [9.17, 15) is 22.7 Å². The van der Waals surface area contributed by atoms with Crippen LogP contribution in [0.4, 0.5) is 17.6 Å². The highest BCUT2D eigenvalue weighted by Gasteiger charge is 2.36. The summed E-state index contributed by atoms with van der Waals surface area (Å²) >= 11 is 0. The van der Waals surface area contributed by atoms with Gasteiger partial charge in [0.25, 0.3) is 0 Å². The fourth-order valence-corrected chi connectivity index (χ4v) is 2.29. The second kappa shape index (κ2) is 5.48. The molecule has 0 bridgehead atoms. The highest BCUT2D eigenvalue weighted by Crippen LogP contribution is 2.37. The topological polar surface area (TPSA) is 20.2 Å². The van der Waals surface area contributed by atoms with Gasteiger partial charge >= 0.3 is 6.18 Å². The fraction of sp³-hybridized carbons (Fsp3) is 0.250. The maximum Gasteiger partial charge on any atom is 0.419 e. The van der Waals surface area contributed by atoms with E-state index in [0.29, 0.717) is 11.6 Å². The van der Waals surface area contributed by atoms with Gasteiger partial charge in [-0.05, 0) is 29.7 Å². The molecule has 2 aromatic rings. The monoisotopic (exact) mass is 298 g/mol. The Morgan fingerprint density at radius 1 is 0.952 bits per heavy atom. The van der Waals surface area contributed by atoms with Crippen molar-refractivity contribution in [2.24, 2.45) is 0 Å². The van der Waals surface area contributed by atoms with Gasteiger partial charge in [0.2, 0.25) is 0 Å². The van der Waals surface area contributed by atoms with Gasteiger partial charge in [0, 0.05) is 0 Å². The molecule has 0 spiro atoms. The smallest absolute Gasteiger partial charge is 0.380 e. The molecule has 5 heteroatoms. The summed E-state index contributed by atoms with van der Waals surface area (Å²) in [5, 5.41) is 10.7. The third-order valence-electron chi connectivity index (χ3n) is 3.52. The molecule has 0 saturated heterocycles. The van der Waals surface area contributed by atoms with Crippen LogP contribution in [0.5, 0.6) is 0 Å². The molecule has 0 aliphatic heterocycles. The van der Waals surface area contributed by atoms with Crippen molar-refractivity contribution in [1.29, 1.82) is 0 Å². The van der Waals surface area contributed by atoms with Gasteiger partial charge in [0.1, 0.15) is 11.4 Å². The maximum atomic E-state index is 13.7. The van der Waals surface area contributed by atoms with Gasteiger partial charge in [-0.2, -0.15) is 13.2 Å². The third kappa shape index (κ3) is 2.93. The molecule has 0 amide bonds. The zero-order chi connectivity index (χ0) is 15.7. The van der Waals surface area contributed by atoms with Crippen LogP contribution in [-0.4, -0.2) is 5.11 Å². The summed E-state index contributed by atoms with van der Waals surface area (Å²) in [6.45, 7) is 1.68. The molecule has 0 radical (unpaired) electrons. The Hall–Kier alpha value is -1.88. The van der Waals surface area contributed by atoms with Crippen molar-refractivity contribution >= 4 is 0 Å². The Morgan fingerprint density at radius 2 is 1.57 bits per heavy atom. The van der Waals surface area contributed by atoms with Crippen molar-refractivity contribution < 1.29 is 22.7 Å². The summed E-state index contributed by atoms with van der Waals surface area (Å²) in [5.41, 5.74) is -2.25. The lowest BCUT2D eigenvalue weighted by atomic mass is 9.84. The molecule has 112 valence electrons. The van der Waals surface area contributed by atoms with Crippen LogP contribution in [0.25, 0.3) is 0 Å². The first kappa shape index (κ1) is 15.5. The molecule has 0 aromatic heterocycles. The molecule has 2 rings (SSSR count). The predicted molar refractivity (Wildman–Crippen MR) is 71.1 cm³/mol. The van der Waals surface area contributed by atoms with Crippen LogP contribution in [0.15, 0.2) is 48.5 Å². The van der Waals surface area contributed by atoms with Crippen LogP contribution < -0.4 is 0 Å². The van der Waals surface area contributed by atoms with E-state index in [1.54, 1.807) is 37.3 Å². The van der Waals surface area contributed by atoms with Gasteiger partial charge in [-0.25, -0.2) is 4.39 Å². The first-order chi connectivity index (χ1) is 9.79. The number of alkyl halides is 3. The van der Waals surface area contributed by atoms with Crippen LogP contribution in [0, 0.1) is 5.82 Å². The highest BCUT2D eigenvalue weighted by atomic mass is 19.4. The SMILES string of the molecule is CCC(O)(c1ccccc1)c1ccc(C(F)(F)F)c(F)c1. The van der Waals surface area contributed by atoms with Crippen LogP contribution in [0.3, 0.4) is 0 Å². The van der Waals surface area contributed by atoms with Crippen molar-refractivity contribution in [3.05, 3.63) is 71.0 Å². The second-order valence-corrected chi connectivity index (χ2v) is 4.77. The molecule has 0 fully saturated rings. The summed E-state index contributed by atoms with van der Waals surface area (Å²) < 4.78 is 51.4. The Morgan fingerprint density at radius 3 is 2.05 bits per heavy atom. The molecule has 1 atom stereocenters. The summed E-state index contributed by atoms with van der Waals surface area (Å²) in [5.74, 6) is -1.39. The lowest BCUT2D eigenvalue weighted by Gasteiger charge is -2.28. The molecular weight excluding hydrogens is 284 g/mol. The summed E-state index contributed by atoms with van der Waals surface area (Å²) in [7, 11) is 0. The molecule has 2 aromatic carbocycles. The van der Waals surface area contributed by atoms with Crippen LogP contribution in [-0.2, 0) is 11.8 Å². The Balaban J connectivity index is 2.52. The normalized spacial score (nSPS) is 14.8. The van der Waals surface area contributed by atoms with Gasteiger partial charge in [0.15, 0.2) is 0 Å². The summed E-state index contributed by atoms with van der Waals surface area (Å²) in [4.78, 5) is 0. The second-order valence-electron chi connectivity index (χ2n) is 4.77. The molecule has 0 saturated carbocycles. The molecule has 0 heterocycles. The molecular formula is C16H14F4O. The molecule has 21 heavy (non-hydrogen) atoms. The number of aliphatic hydroxyl groups is 1. The van der Waals surface area contributed by atoms with Crippen LogP contribution in [0.2, 0.25) is 0 Å². The zero-order valence-corrected chi connectivity index (χ0v) is 11.3. The largest absolute Gasteiger partial charge is 0.419 e. The Kier molecular flexibility index (Phi) is 4.05. The van der Waals surface area contributed by atoms with Crippen molar-refractivity contribution in [2.75, 3.05) is 0 Å². The summed E-state index contributed by atoms with van der Waals surface area (Å²) in [6, 6.07) is 11.0. The number of rotatable bonds is 3. The zero-order valence-electron chi connectivity index (χ0n) is 11.3. The standard InChI is InChI=1S/C16H14F4O/c1-2-15(21,11-6-4-3-5-7-11)12-8-9-13(14(17)10-12)16(18,19)20/h3-10,21H,2H2,1H3. The Bertz CT molecular complexity index is 622. The van der Waals surface area contributed by atoms with Crippen molar-refractivity contribution in [2.45, 2.75) is 25.1 Å². The van der Waals surface area contributed by atoms with E-state index in [1.165, 1.54) is 0 Å². The van der Waals surface area contributed by atoms with Gasteiger partial charge in [0.05, 0.1) is 5.56 Å². The average Bonchev–Trinajstić information content (AvgIpc) is 2.46. The van der Waals surface area contributed by atoms with Crippen LogP contribution in [0.1, 0.15) is 30.0 Å². The predicted octanol–water partition coefficient (Wildman–Crippen LogP) is 4.49. The number of benzene rings is 2. The van der Waals surface area contributed by atoms with Gasteiger partial charge in [-0.1, -0.05) is 43.3 Å². The first-order valence-corrected chi connectivity index (χ1v) is 6.44. The quantitative estimate of drug-likeness (QED) is 0.828. The highest BCUT2D eigenvalue weighted by molar-refractivity contribution is 5.38. The lowest BCUT2D eigenvalue weighted by molar-refractivity contribution is -0.140. The Labute approximate surface area is 119 Å². The molecule has 0 aliphatic carbocycles. The summed E-state index contributed by atoms with van der Waals surface area (Å²) in [6.07, 6.45) is -4.54. The van der Waals surface area contributed by atoms with Gasteiger partial charge < -0.3 is 5.11 Å². The van der Waals surface area contributed by atoms with Crippen molar-refractivity contribution in [1.82, 2.24) is 0 Å². The number of hydrogen-bond acceptors (Lipinski definition) is 1. The van der Waals surface area contributed by atoms with Gasteiger partial charge in [-0.15, -0.1) is 0 Å². The lowest BCUT2D eigenvalue weighted by Crippen LogP contribution is -2.26. The molecule has 1 unspecified atom stereocenters. The first-order valence-electron chi connectivity index (χ1n) is 6.44. The minimum atomic E-state index is -4.75. The van der Waals surface area contributed by atoms with E-state index >= 15 is 0 Å². The van der Waals surface area contributed by atoms with E-state index < -0.39 is 23.2 Å². The average molecular weight is 298 g/mol. The minimum Gasteiger partial charge on any atom is -0.380 e. The van der Waals surface area contributed by atoms with E-state index in [-0.39, 0.29) is 12.0 Å².